The van der Waals surface area contributed by atoms with Gasteiger partial charge in [-0.25, -0.2) is 0 Å². The molecule has 0 aromatic heterocycles. The van der Waals surface area contributed by atoms with Gasteiger partial charge in [-0.2, -0.15) is 0 Å². The van der Waals surface area contributed by atoms with E-state index < -0.39 is 0 Å². The lowest BCUT2D eigenvalue weighted by atomic mass is 10.3. The van der Waals surface area contributed by atoms with Gasteiger partial charge in [0, 0.05) is 4.91 Å². The van der Waals surface area contributed by atoms with E-state index >= 15 is 0 Å². The number of thioether (sulfide) groups is 6. The van der Waals surface area contributed by atoms with Crippen LogP contribution in [-0.2, 0) is 0 Å². The molecule has 0 amide bonds. The Morgan fingerprint density at radius 1 is 0.833 bits per heavy atom. The second-order valence-corrected chi connectivity index (χ2v) is 12.7. The van der Waals surface area contributed by atoms with E-state index in [-0.39, 0.29) is 6.61 Å². The van der Waals surface area contributed by atoms with Gasteiger partial charge in [0.2, 0.25) is 0 Å². The van der Waals surface area contributed by atoms with Gasteiger partial charge in [-0.05, 0) is 29.8 Å². The van der Waals surface area contributed by atoms with Crippen molar-refractivity contribution in [1.29, 1.82) is 0 Å². The zero-order valence-corrected chi connectivity index (χ0v) is 19.2. The van der Waals surface area contributed by atoms with Crippen molar-refractivity contribution < 1.29 is 5.11 Å². The van der Waals surface area contributed by atoms with Crippen LogP contribution < -0.4 is 0 Å². The van der Waals surface area contributed by atoms with Gasteiger partial charge in [-0.15, -0.1) is 23.5 Å². The lowest BCUT2D eigenvalue weighted by molar-refractivity contribution is 0.340. The van der Waals surface area contributed by atoms with Crippen LogP contribution in [0.15, 0.2) is 27.3 Å². The van der Waals surface area contributed by atoms with Crippen LogP contribution in [0.5, 0.6) is 0 Å². The summed E-state index contributed by atoms with van der Waals surface area (Å²) in [5.41, 5.74) is 0. The number of unbranched alkanes of at least 4 members (excludes halogenated alkanes) is 4. The van der Waals surface area contributed by atoms with Crippen LogP contribution in [0.4, 0.5) is 0 Å². The summed E-state index contributed by atoms with van der Waals surface area (Å²) in [6.07, 6.45) is 7.88. The number of aliphatic hydroxyl groups is 1. The molecule has 0 aromatic carbocycles. The van der Waals surface area contributed by atoms with Crippen LogP contribution in [0, 0.1) is 0 Å². The summed E-state index contributed by atoms with van der Waals surface area (Å²) in [7, 11) is 0. The highest BCUT2D eigenvalue weighted by Gasteiger charge is 2.27. The van der Waals surface area contributed by atoms with Gasteiger partial charge >= 0.3 is 0 Å². The summed E-state index contributed by atoms with van der Waals surface area (Å²) in [5.74, 6) is 2.47. The van der Waals surface area contributed by atoms with E-state index in [1.165, 1.54) is 67.0 Å². The summed E-state index contributed by atoms with van der Waals surface area (Å²) in [5, 5.41) is 11.4. The first-order chi connectivity index (χ1) is 11.8. The van der Waals surface area contributed by atoms with Crippen molar-refractivity contribution >= 4 is 70.6 Å². The second kappa shape index (κ2) is 12.6. The maximum atomic E-state index is 9.31. The molecule has 0 aromatic rings. The molecular formula is C17H26OS6. The van der Waals surface area contributed by atoms with Gasteiger partial charge in [-0.1, -0.05) is 86.6 Å². The average Bonchev–Trinajstić information content (AvgIpc) is 3.22. The van der Waals surface area contributed by atoms with Crippen LogP contribution in [0.2, 0.25) is 0 Å². The average molecular weight is 439 g/mol. The smallest absolute Gasteiger partial charge is 0.0749 e. The minimum atomic E-state index is 0.161. The molecule has 0 unspecified atom stereocenters. The Bertz CT molecular complexity index is 471. The van der Waals surface area contributed by atoms with Crippen molar-refractivity contribution in [1.82, 2.24) is 0 Å². The Morgan fingerprint density at radius 2 is 1.42 bits per heavy atom. The van der Waals surface area contributed by atoms with Crippen LogP contribution >= 0.6 is 70.6 Å². The highest BCUT2D eigenvalue weighted by atomic mass is 32.3. The molecule has 1 N–H and O–H groups in total. The molecular weight excluding hydrogens is 413 g/mol. The maximum Gasteiger partial charge on any atom is 0.0749 e. The predicted octanol–water partition coefficient (Wildman–Crippen LogP) is 7.88. The maximum absolute atomic E-state index is 9.31. The molecule has 7 heteroatoms. The fraction of sp³-hybridized carbons (Fsp3) is 0.647. The normalized spacial score (nSPS) is 18.0. The third-order valence-electron chi connectivity index (χ3n) is 3.34. The molecule has 0 aliphatic carbocycles. The topological polar surface area (TPSA) is 20.2 Å². The summed E-state index contributed by atoms with van der Waals surface area (Å²) in [4.78, 5) is 1.07. The molecule has 0 saturated carbocycles. The third-order valence-corrected chi connectivity index (χ3v) is 12.0. The minimum absolute atomic E-state index is 0.161. The molecule has 2 rings (SSSR count). The van der Waals surface area contributed by atoms with Crippen molar-refractivity contribution in [3.63, 3.8) is 0 Å². The highest BCUT2D eigenvalue weighted by Crippen LogP contribution is 2.62. The molecule has 0 saturated heterocycles. The predicted molar refractivity (Wildman–Crippen MR) is 124 cm³/mol. The second-order valence-electron chi connectivity index (χ2n) is 5.43. The number of aliphatic hydroxyl groups excluding tert-OH is 1. The Morgan fingerprint density at radius 3 is 1.88 bits per heavy atom. The summed E-state index contributed by atoms with van der Waals surface area (Å²) in [6, 6.07) is 0. The first kappa shape index (κ1) is 21.6. The van der Waals surface area contributed by atoms with Crippen molar-refractivity contribution in [2.24, 2.45) is 0 Å². The lowest BCUT2D eigenvalue weighted by Crippen LogP contribution is -1.82. The van der Waals surface area contributed by atoms with Gasteiger partial charge < -0.3 is 5.11 Å². The Balaban J connectivity index is 1.92. The van der Waals surface area contributed by atoms with Crippen LogP contribution in [0.25, 0.3) is 0 Å². The van der Waals surface area contributed by atoms with Crippen LogP contribution in [0.3, 0.4) is 0 Å². The van der Waals surface area contributed by atoms with E-state index in [1.54, 1.807) is 23.5 Å². The SMILES string of the molecule is CCCCCSC1=C(SCCCCC)SC(=C2SC=C(CO)S2)S1. The molecule has 2 heterocycles. The van der Waals surface area contributed by atoms with E-state index in [0.717, 1.165) is 4.91 Å². The van der Waals surface area contributed by atoms with Gasteiger partial charge in [-0.3, -0.25) is 0 Å². The van der Waals surface area contributed by atoms with Crippen molar-refractivity contribution in [3.8, 4) is 0 Å². The lowest BCUT2D eigenvalue weighted by Gasteiger charge is -2.04. The first-order valence-electron chi connectivity index (χ1n) is 8.52. The fourth-order valence-corrected chi connectivity index (χ4v) is 10.5. The number of hydrogen-bond donors (Lipinski definition) is 1. The summed E-state index contributed by atoms with van der Waals surface area (Å²) < 4.78 is 5.79. The van der Waals surface area contributed by atoms with E-state index in [0.29, 0.717) is 0 Å². The standard InChI is InChI=1S/C17H26OS6/c1-3-5-7-9-19-14-15(20-10-8-6-4-2)24-17(23-14)16-21-12-13(11-18)22-16/h12,18H,3-11H2,1-2H3. The zero-order chi connectivity index (χ0) is 17.2. The molecule has 0 spiro atoms. The van der Waals surface area contributed by atoms with Gasteiger partial charge in [0.25, 0.3) is 0 Å². The number of hydrogen-bond acceptors (Lipinski definition) is 7. The molecule has 2 aliphatic rings. The van der Waals surface area contributed by atoms with Gasteiger partial charge in [0.1, 0.15) is 0 Å². The molecule has 136 valence electrons. The highest BCUT2D eigenvalue weighted by molar-refractivity contribution is 8.42. The monoisotopic (exact) mass is 438 g/mol. The zero-order valence-electron chi connectivity index (χ0n) is 14.3. The molecule has 0 bridgehead atoms. The van der Waals surface area contributed by atoms with E-state index in [1.807, 2.05) is 47.0 Å². The van der Waals surface area contributed by atoms with Crippen molar-refractivity contribution in [2.75, 3.05) is 18.1 Å². The van der Waals surface area contributed by atoms with E-state index in [4.69, 9.17) is 0 Å². The Hall–Kier alpha value is 1.28. The quantitative estimate of drug-likeness (QED) is 0.327. The fourth-order valence-electron chi connectivity index (χ4n) is 2.01. The van der Waals surface area contributed by atoms with Crippen molar-refractivity contribution in [3.05, 3.63) is 27.3 Å². The summed E-state index contributed by atoms with van der Waals surface area (Å²) >= 11 is 11.5. The molecule has 1 nitrogen and oxygen atoms in total. The van der Waals surface area contributed by atoms with Crippen LogP contribution in [-0.4, -0.2) is 23.2 Å². The van der Waals surface area contributed by atoms with Crippen molar-refractivity contribution in [2.45, 2.75) is 52.4 Å². The molecule has 24 heavy (non-hydrogen) atoms. The molecule has 0 fully saturated rings. The van der Waals surface area contributed by atoms with E-state index in [9.17, 15) is 5.11 Å². The minimum Gasteiger partial charge on any atom is -0.391 e. The van der Waals surface area contributed by atoms with Gasteiger partial charge in [0.05, 0.1) is 23.6 Å². The largest absolute Gasteiger partial charge is 0.391 e. The third kappa shape index (κ3) is 7.12. The summed E-state index contributed by atoms with van der Waals surface area (Å²) in [6.45, 7) is 4.69. The molecule has 2 aliphatic heterocycles. The molecule has 0 radical (unpaired) electrons. The Labute approximate surface area is 172 Å². The Kier molecular flexibility index (Phi) is 11.4. The molecule has 0 atom stereocenters. The number of rotatable bonds is 11. The first-order valence-corrected chi connectivity index (χ1v) is 13.8. The van der Waals surface area contributed by atoms with Gasteiger partial charge in [0.15, 0.2) is 0 Å². The van der Waals surface area contributed by atoms with Crippen LogP contribution in [0.1, 0.15) is 52.4 Å². The van der Waals surface area contributed by atoms with E-state index in [2.05, 4.69) is 19.3 Å².